The number of rotatable bonds is 2. The molecule has 0 heterocycles. The molecule has 19 heavy (non-hydrogen) atoms. The van der Waals surface area contributed by atoms with Gasteiger partial charge >= 0.3 is 0 Å². The molecule has 2 aromatic carbocycles. The van der Waals surface area contributed by atoms with Crippen molar-refractivity contribution in [1.29, 1.82) is 0 Å². The van der Waals surface area contributed by atoms with Crippen LogP contribution < -0.4 is 0 Å². The Morgan fingerprint density at radius 1 is 0.684 bits per heavy atom. The number of benzene rings is 2. The molecular weight excluding hydrogens is 234 g/mol. The van der Waals surface area contributed by atoms with Crippen molar-refractivity contribution in [2.24, 2.45) is 0 Å². The van der Waals surface area contributed by atoms with Gasteiger partial charge in [0.1, 0.15) is 0 Å². The van der Waals surface area contributed by atoms with E-state index in [9.17, 15) is 0 Å². The summed E-state index contributed by atoms with van der Waals surface area (Å²) in [6.07, 6.45) is 3.67. The highest BCUT2D eigenvalue weighted by Crippen LogP contribution is 1.98. The summed E-state index contributed by atoms with van der Waals surface area (Å²) < 4.78 is 0. The summed E-state index contributed by atoms with van der Waals surface area (Å²) in [4.78, 5) is 1.50. The number of nitrogens with zero attached hydrogens (tertiary/aromatic N) is 3. The molecule has 0 N–H and O–H groups in total. The van der Waals surface area contributed by atoms with E-state index in [-0.39, 0.29) is 0 Å². The van der Waals surface area contributed by atoms with Crippen LogP contribution in [0.5, 0.6) is 0 Å². The second kappa shape index (κ2) is 11.7. The number of hydrogen-bond acceptors (Lipinski definition) is 0. The summed E-state index contributed by atoms with van der Waals surface area (Å²) in [6.45, 7) is 7.26. The molecule has 0 radical (unpaired) electrons. The van der Waals surface area contributed by atoms with Gasteiger partial charge < -0.3 is 11.1 Å². The fraction of sp³-hybridized carbons (Fsp3) is 0. The fourth-order valence-corrected chi connectivity index (χ4v) is 1.18. The molecule has 0 amide bonds. The second-order valence-electron chi connectivity index (χ2n) is 3.32. The monoisotopic (exact) mass is 250 g/mol. The maximum absolute atomic E-state index is 6.75. The van der Waals surface area contributed by atoms with Gasteiger partial charge in [0.2, 0.25) is 0 Å². The molecule has 0 bridgehead atoms. The maximum Gasteiger partial charge on any atom is -0.0263 e. The normalized spacial score (nSPS) is 7.58. The Morgan fingerprint density at radius 2 is 0.947 bits per heavy atom. The van der Waals surface area contributed by atoms with Gasteiger partial charge in [-0.25, -0.2) is 0 Å². The van der Waals surface area contributed by atoms with Crippen LogP contribution in [-0.4, -0.2) is 0 Å². The highest BCUT2D eigenvalue weighted by molar-refractivity contribution is 5.46. The lowest BCUT2D eigenvalue weighted by atomic mass is 10.2. The Morgan fingerprint density at radius 3 is 1.11 bits per heavy atom. The average Bonchev–Trinajstić information content (AvgIpc) is 2.50. The third kappa shape index (κ3) is 8.98. The first-order valence-corrected chi connectivity index (χ1v) is 5.62. The Kier molecular flexibility index (Phi) is 10.0. The van der Waals surface area contributed by atoms with Crippen molar-refractivity contribution < 1.29 is 0 Å². The highest BCUT2D eigenvalue weighted by atomic mass is 15.0. The van der Waals surface area contributed by atoms with Crippen LogP contribution in [0.1, 0.15) is 11.1 Å². The lowest BCUT2D eigenvalue weighted by molar-refractivity contribution is 1.67. The van der Waals surface area contributed by atoms with E-state index < -0.39 is 0 Å². The van der Waals surface area contributed by atoms with E-state index in [4.69, 9.17) is 11.1 Å². The summed E-state index contributed by atoms with van der Waals surface area (Å²) in [5, 5.41) is 0. The van der Waals surface area contributed by atoms with Crippen LogP contribution in [0.25, 0.3) is 28.1 Å². The topological polar surface area (TPSA) is 58.7 Å². The van der Waals surface area contributed by atoms with Gasteiger partial charge in [0.15, 0.2) is 0 Å². The molecule has 0 aromatic heterocycles. The molecular formula is C16H16N3-. The molecule has 96 valence electrons. The quantitative estimate of drug-likeness (QED) is 0.382. The maximum atomic E-state index is 6.75. The molecule has 0 saturated carbocycles. The first-order valence-electron chi connectivity index (χ1n) is 5.62. The van der Waals surface area contributed by atoms with Crippen LogP contribution in [0.4, 0.5) is 0 Å². The highest BCUT2D eigenvalue weighted by Gasteiger charge is 1.76. The molecule has 0 atom stereocenters. The van der Waals surface area contributed by atoms with Crippen LogP contribution in [0.2, 0.25) is 0 Å². The van der Waals surface area contributed by atoms with Gasteiger partial charge in [0, 0.05) is 0 Å². The van der Waals surface area contributed by atoms with Crippen LogP contribution in [-0.2, 0) is 0 Å². The molecule has 0 fully saturated rings. The van der Waals surface area contributed by atoms with E-state index >= 15 is 0 Å². The van der Waals surface area contributed by atoms with Crippen molar-refractivity contribution in [3.63, 3.8) is 0 Å². The largest absolute Gasteiger partial charge is 0.373 e. The van der Waals surface area contributed by atoms with E-state index in [1.165, 1.54) is 16.0 Å². The Balaban J connectivity index is 0.000000284. The number of hydrogen-bond donors (Lipinski definition) is 0. The molecule has 0 spiro atoms. The van der Waals surface area contributed by atoms with Gasteiger partial charge in [-0.3, -0.25) is 4.91 Å². The fourth-order valence-electron chi connectivity index (χ4n) is 1.18. The second-order valence-corrected chi connectivity index (χ2v) is 3.32. The van der Waals surface area contributed by atoms with Gasteiger partial charge in [0.25, 0.3) is 0 Å². The van der Waals surface area contributed by atoms with Crippen LogP contribution >= 0.6 is 0 Å². The molecule has 2 aromatic rings. The van der Waals surface area contributed by atoms with Crippen molar-refractivity contribution in [3.8, 4) is 0 Å². The van der Waals surface area contributed by atoms with Crippen molar-refractivity contribution in [1.82, 2.24) is 0 Å². The molecule has 0 aliphatic heterocycles. The van der Waals surface area contributed by atoms with Crippen molar-refractivity contribution in [2.75, 3.05) is 0 Å². The van der Waals surface area contributed by atoms with Gasteiger partial charge in [0.05, 0.1) is 0 Å². The minimum Gasteiger partial charge on any atom is -0.373 e. The Hall–Kier alpha value is -2.77. The van der Waals surface area contributed by atoms with Gasteiger partial charge in [-0.2, -0.15) is 0 Å². The summed E-state index contributed by atoms with van der Waals surface area (Å²) in [7, 11) is 0. The molecule has 2 rings (SSSR count). The first-order chi connectivity index (χ1) is 9.28. The molecule has 0 aliphatic carbocycles. The zero-order valence-electron chi connectivity index (χ0n) is 10.7. The summed E-state index contributed by atoms with van der Waals surface area (Å²) in [6, 6.07) is 20.1. The summed E-state index contributed by atoms with van der Waals surface area (Å²) in [5.74, 6) is 0. The lowest BCUT2D eigenvalue weighted by Gasteiger charge is -1.85. The smallest absolute Gasteiger partial charge is 0.0263 e. The predicted molar refractivity (Wildman–Crippen MR) is 83.1 cm³/mol. The van der Waals surface area contributed by atoms with Crippen molar-refractivity contribution >= 4 is 12.2 Å². The van der Waals surface area contributed by atoms with Gasteiger partial charge in [-0.15, -0.1) is 0 Å². The van der Waals surface area contributed by atoms with Gasteiger partial charge in [-0.1, -0.05) is 86.0 Å². The van der Waals surface area contributed by atoms with Crippen LogP contribution in [0, 0.1) is 0 Å². The molecule has 3 nitrogen and oxygen atoms in total. The van der Waals surface area contributed by atoms with E-state index in [2.05, 4.69) is 13.2 Å². The van der Waals surface area contributed by atoms with E-state index in [1.54, 1.807) is 0 Å². The van der Waals surface area contributed by atoms with Crippen LogP contribution in [0.15, 0.2) is 73.8 Å². The molecule has 3 heteroatoms. The average molecular weight is 250 g/mol. The van der Waals surface area contributed by atoms with Crippen molar-refractivity contribution in [3.05, 3.63) is 101 Å². The molecule has 0 saturated heterocycles. The first kappa shape index (κ1) is 16.2. The third-order valence-corrected chi connectivity index (χ3v) is 2.07. The SMILES string of the molecule is C=Cc1ccccc1.C=Cc1ccccc1.[N-]=[N+]=[N-]. The minimum atomic E-state index is 1.17. The minimum absolute atomic E-state index is 1.17. The summed E-state index contributed by atoms with van der Waals surface area (Å²) in [5.41, 5.74) is 15.8. The zero-order chi connectivity index (χ0) is 14.3. The molecule has 0 aliphatic rings. The van der Waals surface area contributed by atoms with Gasteiger partial charge in [-0.05, 0) is 11.1 Å². The van der Waals surface area contributed by atoms with E-state index in [1.807, 2.05) is 72.8 Å². The Labute approximate surface area is 114 Å². The summed E-state index contributed by atoms with van der Waals surface area (Å²) >= 11 is 0. The zero-order valence-corrected chi connectivity index (χ0v) is 10.7. The molecule has 0 unspecified atom stereocenters. The van der Waals surface area contributed by atoms with E-state index in [0.29, 0.717) is 0 Å². The lowest BCUT2D eigenvalue weighted by Crippen LogP contribution is -1.63. The standard InChI is InChI=1S/2C8H8.N3/c2*1-2-8-6-4-3-5-7-8;1-3-2/h2*2-7H,1H2;/q;;-1. The van der Waals surface area contributed by atoms with Crippen LogP contribution in [0.3, 0.4) is 0 Å². The Bertz CT molecular complexity index is 455. The predicted octanol–water partition coefficient (Wildman–Crippen LogP) is 5.53. The third-order valence-electron chi connectivity index (χ3n) is 2.07. The van der Waals surface area contributed by atoms with Crippen molar-refractivity contribution in [2.45, 2.75) is 0 Å². The van der Waals surface area contributed by atoms with E-state index in [0.717, 1.165) is 0 Å².